The highest BCUT2D eigenvalue weighted by molar-refractivity contribution is 6.34. The van der Waals surface area contributed by atoms with Gasteiger partial charge in [0.15, 0.2) is 0 Å². The van der Waals surface area contributed by atoms with Crippen LogP contribution in [0.25, 0.3) is 0 Å². The van der Waals surface area contributed by atoms with Crippen molar-refractivity contribution >= 4 is 17.5 Å². The predicted molar refractivity (Wildman–Crippen MR) is 87.1 cm³/mol. The smallest absolute Gasteiger partial charge is 0.243 e. The van der Waals surface area contributed by atoms with Crippen LogP contribution >= 0.6 is 11.6 Å². The van der Waals surface area contributed by atoms with E-state index in [0.29, 0.717) is 13.1 Å². The molecule has 2 rings (SSSR count). The average molecular weight is 302 g/mol. The molecular weight excluding hydrogens is 282 g/mol. The van der Waals surface area contributed by atoms with E-state index in [9.17, 15) is 4.79 Å². The van der Waals surface area contributed by atoms with Gasteiger partial charge in [-0.1, -0.05) is 60.7 Å². The third kappa shape index (κ3) is 4.61. The Kier molecular flexibility index (Phi) is 5.03. The quantitative estimate of drug-likeness (QED) is 0.757. The Balaban J connectivity index is 2.20. The number of amides is 1. The topological polar surface area (TPSA) is 20.3 Å². The summed E-state index contributed by atoms with van der Waals surface area (Å²) in [6.07, 6.45) is 0. The number of halogens is 1. The molecule has 0 N–H and O–H groups in total. The lowest BCUT2D eigenvalue weighted by molar-refractivity contribution is -0.134. The maximum absolute atomic E-state index is 12.6. The fourth-order valence-electron chi connectivity index (χ4n) is 2.18. The molecule has 0 unspecified atom stereocenters. The molecule has 0 saturated heterocycles. The number of rotatable bonds is 5. The zero-order chi connectivity index (χ0) is 15.3. The summed E-state index contributed by atoms with van der Waals surface area (Å²) < 4.78 is 0. The Bertz CT molecular complexity index is 534. The summed E-state index contributed by atoms with van der Waals surface area (Å²) in [4.78, 5) is 13.5. The van der Waals surface area contributed by atoms with Gasteiger partial charge in [-0.2, -0.15) is 0 Å². The molecule has 1 amide bonds. The van der Waals surface area contributed by atoms with Crippen molar-refractivity contribution in [2.75, 3.05) is 0 Å². The maximum atomic E-state index is 12.6. The second kappa shape index (κ2) is 6.77. The van der Waals surface area contributed by atoms with E-state index in [1.807, 2.05) is 60.7 Å². The summed E-state index contributed by atoms with van der Waals surface area (Å²) in [5, 5.41) is 0. The van der Waals surface area contributed by atoms with Crippen LogP contribution in [-0.2, 0) is 17.9 Å². The van der Waals surface area contributed by atoms with Gasteiger partial charge in [0, 0.05) is 13.1 Å². The molecule has 2 nitrogen and oxygen atoms in total. The van der Waals surface area contributed by atoms with E-state index in [4.69, 9.17) is 11.6 Å². The monoisotopic (exact) mass is 301 g/mol. The first-order valence-corrected chi connectivity index (χ1v) is 7.41. The largest absolute Gasteiger partial charge is 0.333 e. The summed E-state index contributed by atoms with van der Waals surface area (Å²) in [7, 11) is 0. The lowest BCUT2D eigenvalue weighted by Gasteiger charge is -2.28. The summed E-state index contributed by atoms with van der Waals surface area (Å²) in [6.45, 7) is 4.59. The molecule has 0 bridgehead atoms. The van der Waals surface area contributed by atoms with Crippen molar-refractivity contribution in [1.29, 1.82) is 0 Å². The van der Waals surface area contributed by atoms with Crippen LogP contribution in [0, 0.1) is 0 Å². The Morgan fingerprint density at radius 3 is 1.62 bits per heavy atom. The van der Waals surface area contributed by atoms with Crippen LogP contribution in [0.15, 0.2) is 60.7 Å². The van der Waals surface area contributed by atoms with Gasteiger partial charge in [0.2, 0.25) is 5.91 Å². The molecule has 3 heteroatoms. The van der Waals surface area contributed by atoms with E-state index >= 15 is 0 Å². The number of carbonyl (C=O) groups is 1. The molecule has 110 valence electrons. The van der Waals surface area contributed by atoms with Gasteiger partial charge in [-0.15, -0.1) is 11.6 Å². The second-order valence-electron chi connectivity index (χ2n) is 5.60. The standard InChI is InChI=1S/C18H20ClNO/c1-18(2,19)17(21)20(13-15-9-5-3-6-10-15)14-16-11-7-4-8-12-16/h3-12H,13-14H2,1-2H3. The lowest BCUT2D eigenvalue weighted by Crippen LogP contribution is -2.41. The number of benzene rings is 2. The zero-order valence-corrected chi connectivity index (χ0v) is 13.2. The molecule has 0 fully saturated rings. The van der Waals surface area contributed by atoms with Gasteiger partial charge in [0.1, 0.15) is 4.87 Å². The average Bonchev–Trinajstić information content (AvgIpc) is 2.47. The van der Waals surface area contributed by atoms with Crippen LogP contribution in [0.3, 0.4) is 0 Å². The van der Waals surface area contributed by atoms with Gasteiger partial charge >= 0.3 is 0 Å². The number of carbonyl (C=O) groups excluding carboxylic acids is 1. The van der Waals surface area contributed by atoms with Gasteiger partial charge in [-0.05, 0) is 25.0 Å². The lowest BCUT2D eigenvalue weighted by atomic mass is 10.1. The zero-order valence-electron chi connectivity index (χ0n) is 12.4. The highest BCUT2D eigenvalue weighted by Gasteiger charge is 2.29. The Labute approximate surface area is 131 Å². The first kappa shape index (κ1) is 15.6. The summed E-state index contributed by atoms with van der Waals surface area (Å²) >= 11 is 6.22. The van der Waals surface area contributed by atoms with E-state index in [1.54, 1.807) is 18.7 Å². The molecule has 21 heavy (non-hydrogen) atoms. The molecule has 0 radical (unpaired) electrons. The summed E-state index contributed by atoms with van der Waals surface area (Å²) in [5.41, 5.74) is 2.20. The Morgan fingerprint density at radius 2 is 1.29 bits per heavy atom. The third-order valence-electron chi connectivity index (χ3n) is 3.23. The molecule has 0 saturated carbocycles. The van der Waals surface area contributed by atoms with E-state index in [-0.39, 0.29) is 5.91 Å². The molecule has 2 aromatic carbocycles. The number of hydrogen-bond acceptors (Lipinski definition) is 1. The van der Waals surface area contributed by atoms with Crippen molar-refractivity contribution in [3.05, 3.63) is 71.8 Å². The van der Waals surface area contributed by atoms with E-state index in [2.05, 4.69) is 0 Å². The molecule has 2 aromatic rings. The van der Waals surface area contributed by atoms with Crippen molar-refractivity contribution in [2.24, 2.45) is 0 Å². The highest BCUT2D eigenvalue weighted by Crippen LogP contribution is 2.20. The molecule has 0 aliphatic carbocycles. The molecule has 0 spiro atoms. The summed E-state index contributed by atoms with van der Waals surface area (Å²) in [5.74, 6) is -0.0585. The van der Waals surface area contributed by atoms with Crippen LogP contribution in [0.5, 0.6) is 0 Å². The number of hydrogen-bond donors (Lipinski definition) is 0. The van der Waals surface area contributed by atoms with Crippen LogP contribution in [0.1, 0.15) is 25.0 Å². The van der Waals surface area contributed by atoms with Crippen molar-refractivity contribution in [3.63, 3.8) is 0 Å². The number of alkyl halides is 1. The van der Waals surface area contributed by atoms with Crippen molar-refractivity contribution in [2.45, 2.75) is 31.8 Å². The van der Waals surface area contributed by atoms with Crippen molar-refractivity contribution < 1.29 is 4.79 Å². The Hall–Kier alpha value is -1.80. The fraction of sp³-hybridized carbons (Fsp3) is 0.278. The molecular formula is C18H20ClNO. The van der Waals surface area contributed by atoms with Crippen LogP contribution < -0.4 is 0 Å². The number of nitrogens with zero attached hydrogens (tertiary/aromatic N) is 1. The van der Waals surface area contributed by atoms with Gasteiger partial charge in [0.25, 0.3) is 0 Å². The minimum absolute atomic E-state index is 0.0585. The van der Waals surface area contributed by atoms with E-state index in [1.165, 1.54) is 0 Å². The SMILES string of the molecule is CC(C)(Cl)C(=O)N(Cc1ccccc1)Cc1ccccc1. The van der Waals surface area contributed by atoms with Gasteiger partial charge in [-0.25, -0.2) is 0 Å². The van der Waals surface area contributed by atoms with Crippen molar-refractivity contribution in [1.82, 2.24) is 4.90 Å². The molecule has 0 aliphatic heterocycles. The highest BCUT2D eigenvalue weighted by atomic mass is 35.5. The minimum atomic E-state index is -0.899. The van der Waals surface area contributed by atoms with E-state index in [0.717, 1.165) is 11.1 Å². The van der Waals surface area contributed by atoms with Crippen LogP contribution in [-0.4, -0.2) is 15.7 Å². The first-order valence-electron chi connectivity index (χ1n) is 7.03. The minimum Gasteiger partial charge on any atom is -0.333 e. The second-order valence-corrected chi connectivity index (χ2v) is 6.55. The van der Waals surface area contributed by atoms with E-state index < -0.39 is 4.87 Å². The predicted octanol–water partition coefficient (Wildman–Crippen LogP) is 4.23. The van der Waals surface area contributed by atoms with Gasteiger partial charge in [-0.3, -0.25) is 4.79 Å². The van der Waals surface area contributed by atoms with Gasteiger partial charge in [0.05, 0.1) is 0 Å². The van der Waals surface area contributed by atoms with Gasteiger partial charge < -0.3 is 4.90 Å². The van der Waals surface area contributed by atoms with Crippen LogP contribution in [0.4, 0.5) is 0 Å². The van der Waals surface area contributed by atoms with Crippen LogP contribution in [0.2, 0.25) is 0 Å². The third-order valence-corrected chi connectivity index (χ3v) is 3.39. The maximum Gasteiger partial charge on any atom is 0.243 e. The first-order chi connectivity index (χ1) is 9.97. The molecule has 0 heterocycles. The normalized spacial score (nSPS) is 11.2. The molecule has 0 atom stereocenters. The van der Waals surface area contributed by atoms with Crippen molar-refractivity contribution in [3.8, 4) is 0 Å². The summed E-state index contributed by atoms with van der Waals surface area (Å²) in [6, 6.07) is 19.9. The molecule has 0 aromatic heterocycles. The fourth-order valence-corrected chi connectivity index (χ4v) is 2.30. The molecule has 0 aliphatic rings. The Morgan fingerprint density at radius 1 is 0.905 bits per heavy atom.